The van der Waals surface area contributed by atoms with E-state index in [1.807, 2.05) is 0 Å². The molecule has 3 amide bonds. The summed E-state index contributed by atoms with van der Waals surface area (Å²) in [6.45, 7) is -0.254. The van der Waals surface area contributed by atoms with Crippen LogP contribution in [0.15, 0.2) is 0 Å². The van der Waals surface area contributed by atoms with Crippen LogP contribution in [0.25, 0.3) is 0 Å². The van der Waals surface area contributed by atoms with Crippen LogP contribution in [-0.4, -0.2) is 47.8 Å². The van der Waals surface area contributed by atoms with E-state index in [1.54, 1.807) is 0 Å². The van der Waals surface area contributed by atoms with Crippen LogP contribution in [0.5, 0.6) is 0 Å². The third kappa shape index (κ3) is 5.08. The number of nitrogens with zero attached hydrogens (tertiary/aromatic N) is 1. The highest BCUT2D eigenvalue weighted by molar-refractivity contribution is 6.05. The molecule has 2 saturated carbocycles. The second-order valence-electron chi connectivity index (χ2n) is 7.99. The van der Waals surface area contributed by atoms with Crippen molar-refractivity contribution in [2.45, 2.75) is 76.7 Å². The number of imide groups is 1. The Hall–Kier alpha value is -1.92. The highest BCUT2D eigenvalue weighted by atomic mass is 16.5. The molecule has 1 aliphatic heterocycles. The zero-order valence-electron chi connectivity index (χ0n) is 15.9. The summed E-state index contributed by atoms with van der Waals surface area (Å²) in [7, 11) is 0. The van der Waals surface area contributed by atoms with E-state index in [9.17, 15) is 19.2 Å². The van der Waals surface area contributed by atoms with Crippen molar-refractivity contribution < 1.29 is 23.9 Å². The van der Waals surface area contributed by atoms with E-state index in [2.05, 4.69) is 5.32 Å². The van der Waals surface area contributed by atoms with Crippen LogP contribution in [0.4, 0.5) is 0 Å². The monoisotopic (exact) mass is 378 g/mol. The van der Waals surface area contributed by atoms with Gasteiger partial charge in [-0.3, -0.25) is 24.1 Å². The van der Waals surface area contributed by atoms with Crippen LogP contribution in [0, 0.1) is 11.8 Å². The number of esters is 1. The molecule has 3 fully saturated rings. The summed E-state index contributed by atoms with van der Waals surface area (Å²) in [5.74, 6) is -1.54. The van der Waals surface area contributed by atoms with Crippen LogP contribution in [0.2, 0.25) is 0 Å². The third-order valence-electron chi connectivity index (χ3n) is 6.06. The molecule has 2 atom stereocenters. The van der Waals surface area contributed by atoms with Gasteiger partial charge in [0.15, 0.2) is 6.61 Å². The van der Waals surface area contributed by atoms with Crippen LogP contribution >= 0.6 is 0 Å². The summed E-state index contributed by atoms with van der Waals surface area (Å²) < 4.78 is 5.03. The first kappa shape index (κ1) is 19.8. The van der Waals surface area contributed by atoms with Crippen molar-refractivity contribution in [3.63, 3.8) is 0 Å². The minimum absolute atomic E-state index is 0.0493. The largest absolute Gasteiger partial charge is 0.456 e. The lowest BCUT2D eigenvalue weighted by Crippen LogP contribution is -2.38. The summed E-state index contributed by atoms with van der Waals surface area (Å²) in [5, 5.41) is 2.92. The molecule has 1 saturated heterocycles. The predicted octanol–water partition coefficient (Wildman–Crippen LogP) is 1.93. The van der Waals surface area contributed by atoms with Gasteiger partial charge in [-0.25, -0.2) is 0 Å². The van der Waals surface area contributed by atoms with Gasteiger partial charge in [0.2, 0.25) is 11.8 Å². The smallest absolute Gasteiger partial charge is 0.308 e. The molecule has 1 heterocycles. The number of rotatable bonds is 6. The Balaban J connectivity index is 1.37. The molecule has 0 aromatic heterocycles. The molecule has 0 spiro atoms. The van der Waals surface area contributed by atoms with Gasteiger partial charge >= 0.3 is 5.97 Å². The first-order valence-electron chi connectivity index (χ1n) is 10.4. The van der Waals surface area contributed by atoms with Crippen LogP contribution in [0.1, 0.15) is 70.6 Å². The van der Waals surface area contributed by atoms with E-state index >= 15 is 0 Å². The topological polar surface area (TPSA) is 92.8 Å². The van der Waals surface area contributed by atoms with Crippen LogP contribution < -0.4 is 5.32 Å². The first-order valence-corrected chi connectivity index (χ1v) is 10.4. The maximum absolute atomic E-state index is 12.4. The SMILES string of the molecule is O=C(COC(=O)CCN1C(=O)[C@@H]2CCCC[C@H]2C1=O)NC1CCCCCC1. The fraction of sp³-hybridized carbons (Fsp3) is 0.800. The molecular weight excluding hydrogens is 348 g/mol. The van der Waals surface area contributed by atoms with Crippen molar-refractivity contribution in [3.8, 4) is 0 Å². The lowest BCUT2D eigenvalue weighted by molar-refractivity contribution is -0.150. The van der Waals surface area contributed by atoms with Gasteiger partial charge in [0.1, 0.15) is 0 Å². The Morgan fingerprint density at radius 2 is 1.44 bits per heavy atom. The normalized spacial score (nSPS) is 26.4. The highest BCUT2D eigenvalue weighted by Gasteiger charge is 2.47. The molecule has 7 nitrogen and oxygen atoms in total. The summed E-state index contributed by atoms with van der Waals surface area (Å²) in [6, 6.07) is 0.168. The number of fused-ring (bicyclic) bond motifs is 1. The van der Waals surface area contributed by atoms with E-state index in [-0.39, 0.29) is 55.2 Å². The van der Waals surface area contributed by atoms with Gasteiger partial charge in [-0.1, -0.05) is 38.5 Å². The number of likely N-dealkylation sites (tertiary alicyclic amines) is 1. The maximum atomic E-state index is 12.4. The lowest BCUT2D eigenvalue weighted by Gasteiger charge is -2.19. The molecule has 3 rings (SSSR count). The summed E-state index contributed by atoms with van der Waals surface area (Å²) in [6.07, 6.45) is 10.0. The molecule has 7 heteroatoms. The average molecular weight is 378 g/mol. The van der Waals surface area contributed by atoms with Crippen molar-refractivity contribution in [1.29, 1.82) is 0 Å². The van der Waals surface area contributed by atoms with Gasteiger partial charge in [0.25, 0.3) is 5.91 Å². The highest BCUT2D eigenvalue weighted by Crippen LogP contribution is 2.37. The van der Waals surface area contributed by atoms with E-state index < -0.39 is 5.97 Å². The van der Waals surface area contributed by atoms with Gasteiger partial charge in [-0.05, 0) is 25.7 Å². The Bertz CT molecular complexity index is 559. The fourth-order valence-corrected chi connectivity index (χ4v) is 4.57. The van der Waals surface area contributed by atoms with Crippen molar-refractivity contribution in [2.24, 2.45) is 11.8 Å². The zero-order chi connectivity index (χ0) is 19.2. The van der Waals surface area contributed by atoms with E-state index in [4.69, 9.17) is 4.74 Å². The molecule has 0 aromatic carbocycles. The minimum Gasteiger partial charge on any atom is -0.456 e. The quantitative estimate of drug-likeness (QED) is 0.433. The Morgan fingerprint density at radius 1 is 0.889 bits per heavy atom. The van der Waals surface area contributed by atoms with Crippen molar-refractivity contribution in [1.82, 2.24) is 10.2 Å². The number of hydrogen-bond acceptors (Lipinski definition) is 5. The number of hydrogen-bond donors (Lipinski definition) is 1. The Morgan fingerprint density at radius 3 is 2.04 bits per heavy atom. The molecule has 0 radical (unpaired) electrons. The Labute approximate surface area is 160 Å². The second kappa shape index (κ2) is 9.33. The minimum atomic E-state index is -0.554. The van der Waals surface area contributed by atoms with Crippen molar-refractivity contribution >= 4 is 23.7 Å². The number of carbonyl (C=O) groups is 4. The standard InChI is InChI=1S/C20H30N2O5/c23-17(21-14-7-3-1-2-4-8-14)13-27-18(24)11-12-22-19(25)15-9-5-6-10-16(15)20(22)26/h14-16H,1-13H2,(H,21,23)/t15-,16-/m1/s1. The number of carbonyl (C=O) groups excluding carboxylic acids is 4. The van der Waals surface area contributed by atoms with Crippen molar-refractivity contribution in [2.75, 3.05) is 13.2 Å². The molecule has 0 aromatic rings. The van der Waals surface area contributed by atoms with E-state index in [0.29, 0.717) is 0 Å². The zero-order valence-corrected chi connectivity index (χ0v) is 15.9. The summed E-state index contributed by atoms with van der Waals surface area (Å²) >= 11 is 0. The number of nitrogens with one attached hydrogen (secondary N) is 1. The Kier molecular flexibility index (Phi) is 6.85. The van der Waals surface area contributed by atoms with Crippen LogP contribution in [0.3, 0.4) is 0 Å². The number of ether oxygens (including phenoxy) is 1. The van der Waals surface area contributed by atoms with E-state index in [0.717, 1.165) is 51.4 Å². The van der Waals surface area contributed by atoms with Gasteiger partial charge in [0, 0.05) is 12.6 Å². The lowest BCUT2D eigenvalue weighted by atomic mass is 9.81. The molecular formula is C20H30N2O5. The van der Waals surface area contributed by atoms with Gasteiger partial charge in [-0.15, -0.1) is 0 Å². The van der Waals surface area contributed by atoms with Crippen LogP contribution in [-0.2, 0) is 23.9 Å². The predicted molar refractivity (Wildman–Crippen MR) is 97.4 cm³/mol. The molecule has 1 N–H and O–H groups in total. The van der Waals surface area contributed by atoms with Gasteiger partial charge in [0.05, 0.1) is 18.3 Å². The molecule has 150 valence electrons. The van der Waals surface area contributed by atoms with Gasteiger partial charge in [-0.2, -0.15) is 0 Å². The maximum Gasteiger partial charge on any atom is 0.308 e. The van der Waals surface area contributed by atoms with Crippen molar-refractivity contribution in [3.05, 3.63) is 0 Å². The summed E-state index contributed by atoms with van der Waals surface area (Å²) in [4.78, 5) is 49.8. The third-order valence-corrected chi connectivity index (χ3v) is 6.06. The number of amides is 3. The molecule has 0 unspecified atom stereocenters. The first-order chi connectivity index (χ1) is 13.1. The molecule has 0 bridgehead atoms. The fourth-order valence-electron chi connectivity index (χ4n) is 4.57. The molecule has 2 aliphatic carbocycles. The van der Waals surface area contributed by atoms with E-state index in [1.165, 1.54) is 17.7 Å². The average Bonchev–Trinajstić information content (AvgIpc) is 2.84. The van der Waals surface area contributed by atoms with Gasteiger partial charge < -0.3 is 10.1 Å². The molecule has 3 aliphatic rings. The molecule has 27 heavy (non-hydrogen) atoms. The second-order valence-corrected chi connectivity index (χ2v) is 7.99. The summed E-state index contributed by atoms with van der Waals surface area (Å²) in [5.41, 5.74) is 0.